The Kier molecular flexibility index (Phi) is 3.33. The zero-order chi connectivity index (χ0) is 12.4. The van der Waals surface area contributed by atoms with Gasteiger partial charge in [0.05, 0.1) is 0 Å². The van der Waals surface area contributed by atoms with E-state index in [4.69, 9.17) is 0 Å². The van der Waals surface area contributed by atoms with Crippen LogP contribution in [0, 0.1) is 0 Å². The van der Waals surface area contributed by atoms with Crippen molar-refractivity contribution in [2.24, 2.45) is 0 Å². The summed E-state index contributed by atoms with van der Waals surface area (Å²) >= 11 is 0. The van der Waals surface area contributed by atoms with E-state index in [0.717, 1.165) is 26.1 Å². The molecule has 3 rings (SSSR count). The van der Waals surface area contributed by atoms with Crippen molar-refractivity contribution in [3.63, 3.8) is 0 Å². The molecule has 3 heteroatoms. The van der Waals surface area contributed by atoms with Gasteiger partial charge in [0.15, 0.2) is 0 Å². The molecule has 0 radical (unpaired) electrons. The van der Waals surface area contributed by atoms with E-state index in [2.05, 4.69) is 29.6 Å². The fourth-order valence-corrected chi connectivity index (χ4v) is 2.97. The highest BCUT2D eigenvalue weighted by Crippen LogP contribution is 2.23. The molecular formula is C15H20N2O. The molecule has 0 bridgehead atoms. The van der Waals surface area contributed by atoms with Gasteiger partial charge < -0.3 is 10.2 Å². The van der Waals surface area contributed by atoms with Crippen LogP contribution >= 0.6 is 0 Å². The summed E-state index contributed by atoms with van der Waals surface area (Å²) in [5.41, 5.74) is 2.62. The summed E-state index contributed by atoms with van der Waals surface area (Å²) < 4.78 is 0. The molecule has 1 aromatic carbocycles. The normalized spacial score (nSPS) is 22.2. The van der Waals surface area contributed by atoms with E-state index in [0.29, 0.717) is 18.4 Å². The van der Waals surface area contributed by atoms with Gasteiger partial charge >= 0.3 is 0 Å². The first-order chi connectivity index (χ1) is 8.83. The van der Waals surface area contributed by atoms with E-state index in [1.165, 1.54) is 24.0 Å². The Balaban J connectivity index is 1.52. The van der Waals surface area contributed by atoms with Crippen LogP contribution in [0.4, 0.5) is 0 Å². The number of hydrogen-bond donors (Lipinski definition) is 1. The number of rotatable bonds is 3. The van der Waals surface area contributed by atoms with E-state index >= 15 is 0 Å². The highest BCUT2D eigenvalue weighted by molar-refractivity contribution is 5.77. The second kappa shape index (κ2) is 5.11. The van der Waals surface area contributed by atoms with E-state index in [1.807, 2.05) is 4.90 Å². The molecule has 0 saturated carbocycles. The van der Waals surface area contributed by atoms with Gasteiger partial charge in [0.25, 0.3) is 0 Å². The van der Waals surface area contributed by atoms with Crippen LogP contribution in [0.3, 0.4) is 0 Å². The molecule has 1 aromatic rings. The van der Waals surface area contributed by atoms with Crippen LogP contribution in [-0.4, -0.2) is 23.4 Å². The van der Waals surface area contributed by atoms with Crippen LogP contribution in [-0.2, 0) is 17.9 Å². The molecule has 2 heterocycles. The van der Waals surface area contributed by atoms with Crippen LogP contribution < -0.4 is 5.32 Å². The molecule has 18 heavy (non-hydrogen) atoms. The molecule has 2 aliphatic heterocycles. The predicted octanol–water partition coefficient (Wildman–Crippen LogP) is 2.06. The zero-order valence-corrected chi connectivity index (χ0v) is 10.7. The molecule has 96 valence electrons. The maximum absolute atomic E-state index is 12.2. The molecule has 0 aromatic heterocycles. The molecule has 0 spiro atoms. The van der Waals surface area contributed by atoms with Crippen molar-refractivity contribution < 1.29 is 4.79 Å². The van der Waals surface area contributed by atoms with Crippen molar-refractivity contribution in [3.05, 3.63) is 35.4 Å². The predicted molar refractivity (Wildman–Crippen MR) is 71.0 cm³/mol. The number of carbonyl (C=O) groups is 1. The van der Waals surface area contributed by atoms with Crippen LogP contribution in [0.2, 0.25) is 0 Å². The van der Waals surface area contributed by atoms with Crippen LogP contribution in [0.25, 0.3) is 0 Å². The SMILES string of the molecule is O=C(CCC1CCCN1)N1Cc2ccccc2C1. The molecule has 1 atom stereocenters. The number of carbonyl (C=O) groups excluding carboxylic acids is 1. The lowest BCUT2D eigenvalue weighted by atomic mass is 10.1. The summed E-state index contributed by atoms with van der Waals surface area (Å²) in [6.45, 7) is 2.72. The Labute approximate surface area is 108 Å². The van der Waals surface area contributed by atoms with Crippen molar-refractivity contribution in [1.29, 1.82) is 0 Å². The van der Waals surface area contributed by atoms with Gasteiger partial charge in [0, 0.05) is 25.6 Å². The molecule has 1 saturated heterocycles. The first-order valence-electron chi connectivity index (χ1n) is 6.91. The van der Waals surface area contributed by atoms with Crippen molar-refractivity contribution >= 4 is 5.91 Å². The molecular weight excluding hydrogens is 224 g/mol. The standard InChI is InChI=1S/C15H20N2O/c18-15(8-7-14-6-3-9-16-14)17-10-12-4-1-2-5-13(12)11-17/h1-2,4-5,14,16H,3,6-11H2. The second-order valence-electron chi connectivity index (χ2n) is 5.35. The van der Waals surface area contributed by atoms with Crippen molar-refractivity contribution in [2.45, 2.75) is 44.8 Å². The van der Waals surface area contributed by atoms with Crippen molar-refractivity contribution in [2.75, 3.05) is 6.54 Å². The maximum atomic E-state index is 12.2. The maximum Gasteiger partial charge on any atom is 0.223 e. The summed E-state index contributed by atoms with van der Waals surface area (Å²) in [5, 5.41) is 3.45. The highest BCUT2D eigenvalue weighted by atomic mass is 16.2. The molecule has 2 aliphatic rings. The summed E-state index contributed by atoms with van der Waals surface area (Å²) in [5.74, 6) is 0.305. The summed E-state index contributed by atoms with van der Waals surface area (Å²) in [4.78, 5) is 14.2. The van der Waals surface area contributed by atoms with Crippen LogP contribution in [0.1, 0.15) is 36.8 Å². The first-order valence-corrected chi connectivity index (χ1v) is 6.91. The van der Waals surface area contributed by atoms with Crippen molar-refractivity contribution in [1.82, 2.24) is 10.2 Å². The lowest BCUT2D eigenvalue weighted by molar-refractivity contribution is -0.132. The minimum absolute atomic E-state index is 0.305. The molecule has 3 nitrogen and oxygen atoms in total. The van der Waals surface area contributed by atoms with E-state index < -0.39 is 0 Å². The van der Waals surface area contributed by atoms with Gasteiger partial charge in [0.2, 0.25) is 5.91 Å². The topological polar surface area (TPSA) is 32.3 Å². The van der Waals surface area contributed by atoms with Crippen molar-refractivity contribution in [3.8, 4) is 0 Å². The van der Waals surface area contributed by atoms with Crippen LogP contribution in [0.15, 0.2) is 24.3 Å². The summed E-state index contributed by atoms with van der Waals surface area (Å²) in [7, 11) is 0. The lowest BCUT2D eigenvalue weighted by Gasteiger charge is -2.17. The van der Waals surface area contributed by atoms with Crippen LogP contribution in [0.5, 0.6) is 0 Å². The second-order valence-corrected chi connectivity index (χ2v) is 5.35. The number of benzene rings is 1. The number of amides is 1. The quantitative estimate of drug-likeness (QED) is 0.882. The largest absolute Gasteiger partial charge is 0.334 e. The van der Waals surface area contributed by atoms with E-state index in [1.54, 1.807) is 0 Å². The Hall–Kier alpha value is -1.35. The average molecular weight is 244 g/mol. The molecule has 0 aliphatic carbocycles. The van der Waals surface area contributed by atoms with Gasteiger partial charge in [-0.05, 0) is 36.9 Å². The van der Waals surface area contributed by atoms with Gasteiger partial charge in [-0.15, -0.1) is 0 Å². The van der Waals surface area contributed by atoms with Gasteiger partial charge in [-0.25, -0.2) is 0 Å². The zero-order valence-electron chi connectivity index (χ0n) is 10.7. The summed E-state index contributed by atoms with van der Waals surface area (Å²) in [6, 6.07) is 8.92. The number of fused-ring (bicyclic) bond motifs is 1. The van der Waals surface area contributed by atoms with Gasteiger partial charge in [-0.2, -0.15) is 0 Å². The number of nitrogens with zero attached hydrogens (tertiary/aromatic N) is 1. The monoisotopic (exact) mass is 244 g/mol. The molecule has 1 N–H and O–H groups in total. The highest BCUT2D eigenvalue weighted by Gasteiger charge is 2.23. The summed E-state index contributed by atoms with van der Waals surface area (Å²) in [6.07, 6.45) is 4.17. The Bertz CT molecular complexity index is 413. The third-order valence-corrected chi connectivity index (χ3v) is 4.06. The third-order valence-electron chi connectivity index (χ3n) is 4.06. The fourth-order valence-electron chi connectivity index (χ4n) is 2.97. The smallest absolute Gasteiger partial charge is 0.223 e. The lowest BCUT2D eigenvalue weighted by Crippen LogP contribution is -2.28. The minimum Gasteiger partial charge on any atom is -0.334 e. The van der Waals surface area contributed by atoms with E-state index in [9.17, 15) is 4.79 Å². The Morgan fingerprint density at radius 3 is 2.61 bits per heavy atom. The van der Waals surface area contributed by atoms with Gasteiger partial charge in [-0.1, -0.05) is 24.3 Å². The average Bonchev–Trinajstić information content (AvgIpc) is 3.04. The van der Waals surface area contributed by atoms with Gasteiger partial charge in [0.1, 0.15) is 0 Å². The van der Waals surface area contributed by atoms with Gasteiger partial charge in [-0.3, -0.25) is 4.79 Å². The fraction of sp³-hybridized carbons (Fsp3) is 0.533. The molecule has 1 unspecified atom stereocenters. The number of hydrogen-bond acceptors (Lipinski definition) is 2. The molecule has 1 amide bonds. The van der Waals surface area contributed by atoms with E-state index in [-0.39, 0.29) is 0 Å². The minimum atomic E-state index is 0.305. The first kappa shape index (κ1) is 11.7. The Morgan fingerprint density at radius 1 is 1.28 bits per heavy atom. The Morgan fingerprint density at radius 2 is 2.00 bits per heavy atom. The molecule has 1 fully saturated rings. The number of nitrogens with one attached hydrogen (secondary N) is 1. The third kappa shape index (κ3) is 2.41.